The molecule has 8 heteroatoms. The van der Waals surface area contributed by atoms with Crippen LogP contribution in [0.2, 0.25) is 0 Å². The Morgan fingerprint density at radius 3 is 1.51 bits per heavy atom. The first kappa shape index (κ1) is 27.9. The van der Waals surface area contributed by atoms with Crippen molar-refractivity contribution in [3.05, 3.63) is 126 Å². The number of sulfonamides is 1. The van der Waals surface area contributed by atoms with Crippen LogP contribution in [0.25, 0.3) is 5.53 Å². The van der Waals surface area contributed by atoms with Crippen LogP contribution in [0.1, 0.15) is 19.4 Å². The highest BCUT2D eigenvalue weighted by atomic mass is 32.2. The molecule has 0 atom stereocenters. The summed E-state index contributed by atoms with van der Waals surface area (Å²) in [5, 5.41) is 3.10. The molecule has 0 saturated carbocycles. The summed E-state index contributed by atoms with van der Waals surface area (Å²) in [7, 11) is -7.49. The molecule has 0 bridgehead atoms. The Labute approximate surface area is 232 Å². The number of aryl methyl sites for hydroxylation is 1. The van der Waals surface area contributed by atoms with Gasteiger partial charge in [-0.15, -0.1) is 4.40 Å². The van der Waals surface area contributed by atoms with Gasteiger partial charge in [-0.05, 0) is 48.5 Å². The number of amidine groups is 1. The normalized spacial score (nSPS) is 12.0. The van der Waals surface area contributed by atoms with E-state index in [0.29, 0.717) is 13.1 Å². The van der Waals surface area contributed by atoms with Gasteiger partial charge in [-0.3, -0.25) is 0 Å². The minimum absolute atomic E-state index is 0.0847. The van der Waals surface area contributed by atoms with Gasteiger partial charge >= 0.3 is 5.33 Å². The third kappa shape index (κ3) is 5.54. The molecular formula is C31H32N4O2SSi. The van der Waals surface area contributed by atoms with Crippen molar-refractivity contribution >= 4 is 44.8 Å². The maximum atomic E-state index is 13.7. The van der Waals surface area contributed by atoms with Crippen molar-refractivity contribution in [3.8, 4) is 0 Å². The molecule has 0 aliphatic heterocycles. The summed E-state index contributed by atoms with van der Waals surface area (Å²) in [5.74, 6) is 0.145. The lowest BCUT2D eigenvalue weighted by molar-refractivity contribution is 0.00140. The maximum absolute atomic E-state index is 13.7. The Balaban J connectivity index is 2.13. The summed E-state index contributed by atoms with van der Waals surface area (Å²) < 4.78 is 31.8. The highest BCUT2D eigenvalue weighted by molar-refractivity contribution is 7.90. The van der Waals surface area contributed by atoms with Gasteiger partial charge in [-0.2, -0.15) is 13.2 Å². The van der Waals surface area contributed by atoms with E-state index in [2.05, 4.69) is 9.19 Å². The van der Waals surface area contributed by atoms with Gasteiger partial charge in [-0.1, -0.05) is 109 Å². The van der Waals surface area contributed by atoms with Crippen molar-refractivity contribution < 1.29 is 13.2 Å². The van der Waals surface area contributed by atoms with Gasteiger partial charge in [0.25, 0.3) is 18.1 Å². The molecule has 0 fully saturated rings. The van der Waals surface area contributed by atoms with Gasteiger partial charge in [0, 0.05) is 13.1 Å². The van der Waals surface area contributed by atoms with Crippen LogP contribution in [-0.2, 0) is 10.0 Å². The van der Waals surface area contributed by atoms with Crippen molar-refractivity contribution in [2.75, 3.05) is 13.1 Å². The number of benzene rings is 4. The van der Waals surface area contributed by atoms with Crippen LogP contribution in [0, 0.1) is 6.92 Å². The molecule has 0 aliphatic carbocycles. The molecule has 0 amide bonds. The minimum atomic E-state index is -4.13. The van der Waals surface area contributed by atoms with E-state index in [-0.39, 0.29) is 16.1 Å². The third-order valence-electron chi connectivity index (χ3n) is 6.88. The smallest absolute Gasteiger partial charge is 0.316 e. The summed E-state index contributed by atoms with van der Waals surface area (Å²) in [5.41, 5.74) is 11.8. The van der Waals surface area contributed by atoms with Gasteiger partial charge in [0.2, 0.25) is 5.84 Å². The topological polar surface area (TPSA) is 86.1 Å². The van der Waals surface area contributed by atoms with Crippen LogP contribution in [0.5, 0.6) is 0 Å². The van der Waals surface area contributed by atoms with E-state index in [1.54, 1.807) is 24.3 Å². The number of hydrogen-bond donors (Lipinski definition) is 0. The van der Waals surface area contributed by atoms with Gasteiger partial charge in [0.05, 0.1) is 4.90 Å². The van der Waals surface area contributed by atoms with Crippen molar-refractivity contribution in [2.45, 2.75) is 25.7 Å². The van der Waals surface area contributed by atoms with Crippen LogP contribution in [-0.4, -0.2) is 50.4 Å². The lowest BCUT2D eigenvalue weighted by atomic mass is 10.2. The lowest BCUT2D eigenvalue weighted by Gasteiger charge is -2.32. The molecule has 39 heavy (non-hydrogen) atoms. The predicted molar refractivity (Wildman–Crippen MR) is 161 cm³/mol. The van der Waals surface area contributed by atoms with Crippen molar-refractivity contribution in [3.63, 3.8) is 0 Å². The molecule has 0 saturated heterocycles. The fraction of sp³-hybridized carbons (Fsp3) is 0.161. The molecular weight excluding hydrogens is 521 g/mol. The van der Waals surface area contributed by atoms with Gasteiger partial charge in [-0.25, -0.2) is 0 Å². The van der Waals surface area contributed by atoms with Gasteiger partial charge < -0.3 is 10.4 Å². The van der Waals surface area contributed by atoms with E-state index < -0.39 is 18.1 Å². The Morgan fingerprint density at radius 1 is 0.744 bits per heavy atom. The van der Waals surface area contributed by atoms with Crippen molar-refractivity contribution in [1.29, 1.82) is 0 Å². The fourth-order valence-electron chi connectivity index (χ4n) is 4.91. The Bertz CT molecular complexity index is 1480. The highest BCUT2D eigenvalue weighted by Gasteiger charge is 2.54. The largest absolute Gasteiger partial charge is 0.362 e. The van der Waals surface area contributed by atoms with Crippen LogP contribution >= 0.6 is 0 Å². The number of nitrogens with zero attached hydrogens (tertiary/aromatic N) is 4. The van der Waals surface area contributed by atoms with Crippen LogP contribution < -0.4 is 15.6 Å². The monoisotopic (exact) mass is 552 g/mol. The van der Waals surface area contributed by atoms with E-state index in [1.807, 2.05) is 117 Å². The molecule has 4 rings (SSSR count). The molecule has 0 radical (unpaired) electrons. The molecule has 0 aromatic heterocycles. The average molecular weight is 553 g/mol. The summed E-state index contributed by atoms with van der Waals surface area (Å²) >= 11 is 0. The average Bonchev–Trinajstić information content (AvgIpc) is 2.97. The standard InChI is InChI=1S/C31H32N4O2SSi/c1-4-35(5-2)30(34-38(36,37)26-23-21-25(3)22-24-26)31(33-32)39(27-15-9-6-10-16-27,28-17-11-7-12-18-28)29-19-13-8-14-20-29/h6-24H,4-5H2,1-3H3/b34-30-. The van der Waals surface area contributed by atoms with E-state index in [9.17, 15) is 13.9 Å². The number of rotatable bonds is 9. The molecule has 0 heterocycles. The van der Waals surface area contributed by atoms with E-state index in [1.165, 1.54) is 0 Å². The fourth-order valence-corrected chi connectivity index (χ4v) is 10.6. The zero-order valence-electron chi connectivity index (χ0n) is 22.4. The SMILES string of the molecule is CCN(CC)/C(=N\S(=O)(=O)c1ccc(C)cc1)C(=[N+]=[N-])[Si](c1ccccc1)(c1ccccc1)c1ccccc1. The molecule has 6 nitrogen and oxygen atoms in total. The number of hydrogen-bond acceptors (Lipinski definition) is 2. The first-order valence-electron chi connectivity index (χ1n) is 12.9. The Hall–Kier alpha value is -4.10. The van der Waals surface area contributed by atoms with Crippen LogP contribution in [0.3, 0.4) is 0 Å². The van der Waals surface area contributed by atoms with Crippen LogP contribution in [0.4, 0.5) is 0 Å². The molecule has 4 aromatic rings. The Kier molecular flexibility index (Phi) is 8.71. The minimum Gasteiger partial charge on any atom is -0.362 e. The first-order valence-corrected chi connectivity index (χ1v) is 16.4. The molecule has 4 aromatic carbocycles. The Morgan fingerprint density at radius 2 is 1.15 bits per heavy atom. The molecule has 198 valence electrons. The third-order valence-corrected chi connectivity index (χ3v) is 12.8. The molecule has 0 N–H and O–H groups in total. The summed E-state index contributed by atoms with van der Waals surface area (Å²) in [6, 6.07) is 36.3. The molecule has 0 spiro atoms. The summed E-state index contributed by atoms with van der Waals surface area (Å²) in [6.07, 6.45) is 0. The molecule has 0 unspecified atom stereocenters. The van der Waals surface area contributed by atoms with Crippen molar-refractivity contribution in [2.24, 2.45) is 4.40 Å². The quantitative estimate of drug-likeness (QED) is 0.0790. The van der Waals surface area contributed by atoms with Crippen LogP contribution in [0.15, 0.2) is 125 Å². The highest BCUT2D eigenvalue weighted by Crippen LogP contribution is 2.18. The first-order chi connectivity index (χ1) is 18.9. The second kappa shape index (κ2) is 12.2. The van der Waals surface area contributed by atoms with E-state index in [4.69, 9.17) is 0 Å². The zero-order valence-corrected chi connectivity index (χ0v) is 24.2. The predicted octanol–water partition coefficient (Wildman–Crippen LogP) is 3.80. The lowest BCUT2D eigenvalue weighted by Crippen LogP contribution is -2.75. The molecule has 0 aliphatic rings. The zero-order chi connectivity index (χ0) is 27.9. The van der Waals surface area contributed by atoms with Crippen molar-refractivity contribution in [1.82, 2.24) is 4.90 Å². The van der Waals surface area contributed by atoms with E-state index in [0.717, 1.165) is 21.1 Å². The van der Waals surface area contributed by atoms with Gasteiger partial charge in [0.1, 0.15) is 0 Å². The second-order valence-electron chi connectivity index (χ2n) is 9.17. The summed E-state index contributed by atoms with van der Waals surface area (Å²) in [6.45, 7) is 6.71. The second-order valence-corrected chi connectivity index (χ2v) is 14.5. The van der Waals surface area contributed by atoms with E-state index >= 15 is 0 Å². The maximum Gasteiger partial charge on any atom is 0.316 e. The summed E-state index contributed by atoms with van der Waals surface area (Å²) in [4.78, 5) is 5.87. The van der Waals surface area contributed by atoms with Gasteiger partial charge in [0.15, 0.2) is 0 Å².